The molecular weight excluding hydrogens is 423 g/mol. The normalized spacial score (nSPS) is 17.3. The van der Waals surface area contributed by atoms with Crippen molar-refractivity contribution in [3.05, 3.63) is 40.0 Å². The van der Waals surface area contributed by atoms with Gasteiger partial charge in [-0.25, -0.2) is 4.98 Å². The molecule has 172 valence electrons. The lowest BCUT2D eigenvalue weighted by Gasteiger charge is -2.32. The molecule has 0 spiro atoms. The summed E-state index contributed by atoms with van der Waals surface area (Å²) in [6, 6.07) is 1.02. The first-order chi connectivity index (χ1) is 15.1. The summed E-state index contributed by atoms with van der Waals surface area (Å²) < 4.78 is 48.0. The summed E-state index contributed by atoms with van der Waals surface area (Å²) in [6.07, 6.45) is -2.95. The SMILES string of the molecule is Cc1cc(C(F)(F)F)c2c([C@@H]3CCCN(C(=O)CCn4nc(C)c(C)c4C)C3)noc2n1. The molecule has 0 N–H and O–H groups in total. The van der Waals surface area contributed by atoms with E-state index in [9.17, 15) is 18.0 Å². The summed E-state index contributed by atoms with van der Waals surface area (Å²) in [5.74, 6) is -0.381. The van der Waals surface area contributed by atoms with Gasteiger partial charge < -0.3 is 9.42 Å². The fourth-order valence-corrected chi connectivity index (χ4v) is 4.39. The van der Waals surface area contributed by atoms with Crippen molar-refractivity contribution in [3.8, 4) is 0 Å². The lowest BCUT2D eigenvalue weighted by atomic mass is 9.91. The van der Waals surface area contributed by atoms with Crippen LogP contribution in [-0.2, 0) is 17.5 Å². The number of carbonyl (C=O) groups excluding carboxylic acids is 1. The number of hydrogen-bond acceptors (Lipinski definition) is 5. The van der Waals surface area contributed by atoms with Crippen LogP contribution in [0.3, 0.4) is 0 Å². The Morgan fingerprint density at radius 3 is 2.66 bits per heavy atom. The highest BCUT2D eigenvalue weighted by molar-refractivity contribution is 5.82. The zero-order valence-electron chi connectivity index (χ0n) is 18.6. The van der Waals surface area contributed by atoms with Crippen LogP contribution in [0.1, 0.15) is 59.1 Å². The third-order valence-electron chi connectivity index (χ3n) is 6.35. The highest BCUT2D eigenvalue weighted by Gasteiger charge is 2.38. The van der Waals surface area contributed by atoms with E-state index in [1.807, 2.05) is 25.5 Å². The number of rotatable bonds is 4. The number of alkyl halides is 3. The molecule has 3 aromatic rings. The molecule has 7 nitrogen and oxygen atoms in total. The zero-order valence-corrected chi connectivity index (χ0v) is 18.6. The largest absolute Gasteiger partial charge is 0.417 e. The first-order valence-corrected chi connectivity index (χ1v) is 10.7. The zero-order chi connectivity index (χ0) is 23.2. The van der Waals surface area contributed by atoms with Crippen molar-refractivity contribution in [3.63, 3.8) is 0 Å². The predicted octanol–water partition coefficient (Wildman–Crippen LogP) is 4.47. The minimum absolute atomic E-state index is 0.0438. The number of hydrogen-bond donors (Lipinski definition) is 0. The summed E-state index contributed by atoms with van der Waals surface area (Å²) in [5.41, 5.74) is 2.62. The molecule has 1 saturated heterocycles. The van der Waals surface area contributed by atoms with Crippen molar-refractivity contribution < 1.29 is 22.5 Å². The number of pyridine rings is 1. The van der Waals surface area contributed by atoms with Crippen molar-refractivity contribution in [1.29, 1.82) is 0 Å². The first kappa shape index (κ1) is 22.3. The third-order valence-corrected chi connectivity index (χ3v) is 6.35. The van der Waals surface area contributed by atoms with Gasteiger partial charge in [0.05, 0.1) is 22.3 Å². The second kappa shape index (κ2) is 8.22. The van der Waals surface area contributed by atoms with Gasteiger partial charge in [-0.05, 0) is 52.2 Å². The monoisotopic (exact) mass is 449 g/mol. The van der Waals surface area contributed by atoms with Crippen LogP contribution in [0.5, 0.6) is 0 Å². The molecule has 0 unspecified atom stereocenters. The van der Waals surface area contributed by atoms with E-state index in [0.29, 0.717) is 32.5 Å². The Kier molecular flexibility index (Phi) is 5.72. The van der Waals surface area contributed by atoms with E-state index in [1.165, 1.54) is 6.92 Å². The quantitative estimate of drug-likeness (QED) is 0.588. The van der Waals surface area contributed by atoms with Gasteiger partial charge >= 0.3 is 6.18 Å². The lowest BCUT2D eigenvalue weighted by molar-refractivity contribution is -0.136. The highest BCUT2D eigenvalue weighted by atomic mass is 19.4. The molecule has 0 saturated carbocycles. The number of halogens is 3. The van der Waals surface area contributed by atoms with Gasteiger partial charge in [0, 0.05) is 43.4 Å². The topological polar surface area (TPSA) is 77.0 Å². The van der Waals surface area contributed by atoms with E-state index in [4.69, 9.17) is 4.52 Å². The maximum Gasteiger partial charge on any atom is 0.417 e. The second-order valence-electron chi connectivity index (χ2n) is 8.50. The molecule has 1 amide bonds. The Balaban J connectivity index is 1.53. The summed E-state index contributed by atoms with van der Waals surface area (Å²) in [5, 5.41) is 8.33. The number of nitrogens with zero attached hydrogens (tertiary/aromatic N) is 5. The average Bonchev–Trinajstić information content (AvgIpc) is 3.27. The molecule has 1 aliphatic heterocycles. The number of fused-ring (bicyclic) bond motifs is 1. The number of aromatic nitrogens is 4. The third kappa shape index (κ3) is 4.10. The molecule has 0 radical (unpaired) electrons. The van der Waals surface area contributed by atoms with Gasteiger partial charge in [-0.2, -0.15) is 18.3 Å². The predicted molar refractivity (Wildman–Crippen MR) is 111 cm³/mol. The van der Waals surface area contributed by atoms with E-state index in [0.717, 1.165) is 23.0 Å². The molecule has 4 rings (SSSR count). The molecule has 0 bridgehead atoms. The molecule has 0 aliphatic carbocycles. The number of piperidine rings is 1. The number of likely N-dealkylation sites (tertiary alicyclic amines) is 1. The molecule has 3 aromatic heterocycles. The Labute approximate surface area is 183 Å². The maximum atomic E-state index is 13.7. The van der Waals surface area contributed by atoms with E-state index in [1.54, 1.807) is 4.90 Å². The van der Waals surface area contributed by atoms with Crippen LogP contribution in [0.4, 0.5) is 13.2 Å². The fourth-order valence-electron chi connectivity index (χ4n) is 4.39. The van der Waals surface area contributed by atoms with Gasteiger partial charge in [-0.3, -0.25) is 9.48 Å². The van der Waals surface area contributed by atoms with Gasteiger partial charge in [-0.1, -0.05) is 5.16 Å². The van der Waals surface area contributed by atoms with E-state index < -0.39 is 11.7 Å². The van der Waals surface area contributed by atoms with Crippen LogP contribution >= 0.6 is 0 Å². The highest BCUT2D eigenvalue weighted by Crippen LogP contribution is 2.40. The molecule has 4 heterocycles. The first-order valence-electron chi connectivity index (χ1n) is 10.7. The van der Waals surface area contributed by atoms with Crippen molar-refractivity contribution in [1.82, 2.24) is 24.8 Å². The molecule has 1 aliphatic rings. The van der Waals surface area contributed by atoms with Crippen LogP contribution < -0.4 is 0 Å². The Bertz CT molecular complexity index is 1160. The fraction of sp³-hybridized carbons (Fsp3) is 0.545. The van der Waals surface area contributed by atoms with Crippen LogP contribution in [0.2, 0.25) is 0 Å². The van der Waals surface area contributed by atoms with Crippen LogP contribution in [-0.4, -0.2) is 43.8 Å². The Hall–Kier alpha value is -2.91. The van der Waals surface area contributed by atoms with Gasteiger partial charge in [-0.15, -0.1) is 0 Å². The summed E-state index contributed by atoms with van der Waals surface area (Å²) >= 11 is 0. The maximum absolute atomic E-state index is 13.7. The summed E-state index contributed by atoms with van der Waals surface area (Å²) in [6.45, 7) is 8.74. The molecular formula is C22H26F3N5O2. The number of amides is 1. The van der Waals surface area contributed by atoms with Crippen molar-refractivity contribution in [2.24, 2.45) is 0 Å². The van der Waals surface area contributed by atoms with E-state index in [2.05, 4.69) is 15.2 Å². The average molecular weight is 449 g/mol. The molecule has 1 atom stereocenters. The van der Waals surface area contributed by atoms with Crippen LogP contribution in [0, 0.1) is 27.7 Å². The standard InChI is InChI=1S/C22H26F3N5O2/c1-12-10-17(22(23,24)25)19-20(28-32-21(19)26-12)16-6-5-8-29(11-16)18(31)7-9-30-15(4)13(2)14(3)27-30/h10,16H,5-9,11H2,1-4H3/t16-/m1/s1. The minimum atomic E-state index is -4.55. The van der Waals surface area contributed by atoms with Gasteiger partial charge in [0.15, 0.2) is 0 Å². The van der Waals surface area contributed by atoms with Gasteiger partial charge in [0.2, 0.25) is 5.91 Å². The van der Waals surface area contributed by atoms with Crippen molar-refractivity contribution in [2.45, 2.75) is 65.6 Å². The smallest absolute Gasteiger partial charge is 0.342 e. The van der Waals surface area contributed by atoms with Crippen molar-refractivity contribution in [2.75, 3.05) is 13.1 Å². The van der Waals surface area contributed by atoms with E-state index in [-0.39, 0.29) is 40.7 Å². The second-order valence-corrected chi connectivity index (χ2v) is 8.50. The lowest BCUT2D eigenvalue weighted by Crippen LogP contribution is -2.39. The molecule has 32 heavy (non-hydrogen) atoms. The minimum Gasteiger partial charge on any atom is -0.342 e. The van der Waals surface area contributed by atoms with Gasteiger partial charge in [0.25, 0.3) is 5.71 Å². The van der Waals surface area contributed by atoms with E-state index >= 15 is 0 Å². The molecule has 10 heteroatoms. The van der Waals surface area contributed by atoms with Crippen LogP contribution in [0.25, 0.3) is 11.1 Å². The van der Waals surface area contributed by atoms with Crippen LogP contribution in [0.15, 0.2) is 10.6 Å². The molecule has 0 aromatic carbocycles. The molecule has 1 fully saturated rings. The Morgan fingerprint density at radius 2 is 2.00 bits per heavy atom. The van der Waals surface area contributed by atoms with Crippen molar-refractivity contribution >= 4 is 17.0 Å². The number of aryl methyl sites for hydroxylation is 3. The summed E-state index contributed by atoms with van der Waals surface area (Å²) in [7, 11) is 0. The Morgan fingerprint density at radius 1 is 1.25 bits per heavy atom. The van der Waals surface area contributed by atoms with Gasteiger partial charge in [0.1, 0.15) is 0 Å². The number of carbonyl (C=O) groups is 1. The summed E-state index contributed by atoms with van der Waals surface area (Å²) in [4.78, 5) is 18.7.